The largest absolute Gasteiger partial charge is 0.371 e. The van der Waals surface area contributed by atoms with E-state index < -0.39 is 11.3 Å². The Morgan fingerprint density at radius 3 is 2.50 bits per heavy atom. The zero-order valence-electron chi connectivity index (χ0n) is 13.9. The second-order valence-corrected chi connectivity index (χ2v) is 7.74. The third-order valence-electron chi connectivity index (χ3n) is 4.02. The number of benzene rings is 1. The predicted molar refractivity (Wildman–Crippen MR) is 90.2 cm³/mol. The molecule has 22 heavy (non-hydrogen) atoms. The SMILES string of the molecule is CC(C)CN1C(=O)N(c2cccc(Cl)c2)[C@](C)(O)CC1(C)C. The highest BCUT2D eigenvalue weighted by atomic mass is 35.5. The fraction of sp³-hybridized carbons (Fsp3) is 0.588. The van der Waals surface area contributed by atoms with Crippen molar-refractivity contribution in [3.63, 3.8) is 0 Å². The van der Waals surface area contributed by atoms with E-state index in [1.807, 2.05) is 18.7 Å². The van der Waals surface area contributed by atoms with E-state index in [1.165, 1.54) is 4.90 Å². The number of carbonyl (C=O) groups is 1. The Morgan fingerprint density at radius 2 is 1.95 bits per heavy atom. The molecular weight excluding hydrogens is 300 g/mol. The Morgan fingerprint density at radius 1 is 1.32 bits per heavy atom. The lowest BCUT2D eigenvalue weighted by molar-refractivity contribution is -0.0280. The molecule has 0 bridgehead atoms. The predicted octanol–water partition coefficient (Wildman–Crippen LogP) is 4.12. The summed E-state index contributed by atoms with van der Waals surface area (Å²) in [4.78, 5) is 16.3. The van der Waals surface area contributed by atoms with Crippen molar-refractivity contribution in [3.05, 3.63) is 29.3 Å². The Labute approximate surface area is 137 Å². The highest BCUT2D eigenvalue weighted by Gasteiger charge is 2.50. The minimum absolute atomic E-state index is 0.183. The molecule has 0 aromatic heterocycles. The van der Waals surface area contributed by atoms with Crippen LogP contribution in [-0.4, -0.2) is 33.8 Å². The van der Waals surface area contributed by atoms with Crippen molar-refractivity contribution in [2.75, 3.05) is 11.4 Å². The standard InChI is InChI=1S/C17H25ClN2O2/c1-12(2)10-19-15(21)20(14-8-6-7-13(18)9-14)17(5,22)11-16(19,3)4/h6-9,12,22H,10-11H2,1-5H3/t17-/m1/s1. The van der Waals surface area contributed by atoms with Crippen LogP contribution < -0.4 is 4.90 Å². The third-order valence-corrected chi connectivity index (χ3v) is 4.25. The number of nitrogens with zero attached hydrogens (tertiary/aromatic N) is 2. The van der Waals surface area contributed by atoms with Gasteiger partial charge < -0.3 is 10.0 Å². The summed E-state index contributed by atoms with van der Waals surface area (Å²) < 4.78 is 0. The van der Waals surface area contributed by atoms with E-state index >= 15 is 0 Å². The highest BCUT2D eigenvalue weighted by molar-refractivity contribution is 6.30. The number of rotatable bonds is 3. The second-order valence-electron chi connectivity index (χ2n) is 7.31. The first-order valence-electron chi connectivity index (χ1n) is 7.64. The summed E-state index contributed by atoms with van der Waals surface area (Å²) in [6.45, 7) is 10.5. The van der Waals surface area contributed by atoms with Gasteiger partial charge in [0.05, 0.1) is 0 Å². The van der Waals surface area contributed by atoms with Crippen molar-refractivity contribution >= 4 is 23.3 Å². The average molecular weight is 325 g/mol. The zero-order chi connectivity index (χ0) is 16.7. The molecule has 1 saturated heterocycles. The third kappa shape index (κ3) is 3.23. The van der Waals surface area contributed by atoms with Gasteiger partial charge in [0.15, 0.2) is 0 Å². The molecule has 1 fully saturated rings. The summed E-state index contributed by atoms with van der Waals surface area (Å²) in [6, 6.07) is 6.86. The Hall–Kier alpha value is -1.26. The van der Waals surface area contributed by atoms with Crippen LogP contribution in [0, 0.1) is 5.92 Å². The minimum atomic E-state index is -1.25. The van der Waals surface area contributed by atoms with Gasteiger partial charge in [0.1, 0.15) is 5.72 Å². The normalized spacial score (nSPS) is 25.0. The van der Waals surface area contributed by atoms with Crippen molar-refractivity contribution in [1.29, 1.82) is 0 Å². The molecule has 0 aliphatic carbocycles. The first kappa shape index (κ1) is 17.1. The van der Waals surface area contributed by atoms with Gasteiger partial charge in [-0.15, -0.1) is 0 Å². The molecule has 1 aliphatic heterocycles. The smallest absolute Gasteiger partial charge is 0.327 e. The molecule has 0 unspecified atom stereocenters. The van der Waals surface area contributed by atoms with Crippen LogP contribution in [0.15, 0.2) is 24.3 Å². The van der Waals surface area contributed by atoms with E-state index in [1.54, 1.807) is 31.2 Å². The lowest BCUT2D eigenvalue weighted by Crippen LogP contribution is -2.68. The number of anilines is 1. The van der Waals surface area contributed by atoms with Crippen LogP contribution in [0.5, 0.6) is 0 Å². The lowest BCUT2D eigenvalue weighted by Gasteiger charge is -2.54. The molecular formula is C17H25ClN2O2. The van der Waals surface area contributed by atoms with Crippen LogP contribution in [0.2, 0.25) is 5.02 Å². The monoisotopic (exact) mass is 324 g/mol. The summed E-state index contributed by atoms with van der Waals surface area (Å²) in [7, 11) is 0. The van der Waals surface area contributed by atoms with Crippen molar-refractivity contribution in [2.24, 2.45) is 5.92 Å². The van der Waals surface area contributed by atoms with Gasteiger partial charge in [-0.05, 0) is 44.9 Å². The number of halogens is 1. The van der Waals surface area contributed by atoms with Gasteiger partial charge in [-0.2, -0.15) is 0 Å². The topological polar surface area (TPSA) is 43.8 Å². The fourth-order valence-corrected chi connectivity index (χ4v) is 3.46. The molecule has 1 atom stereocenters. The van der Waals surface area contributed by atoms with E-state index in [0.717, 1.165) is 0 Å². The molecule has 122 valence electrons. The molecule has 1 N–H and O–H groups in total. The fourth-order valence-electron chi connectivity index (χ4n) is 3.27. The molecule has 0 radical (unpaired) electrons. The maximum atomic E-state index is 13.1. The summed E-state index contributed by atoms with van der Waals surface area (Å²) in [5.74, 6) is 0.354. The first-order chi connectivity index (χ1) is 10.0. The van der Waals surface area contributed by atoms with Crippen molar-refractivity contribution in [3.8, 4) is 0 Å². The zero-order valence-corrected chi connectivity index (χ0v) is 14.7. The summed E-state index contributed by atoms with van der Waals surface area (Å²) in [6.07, 6.45) is 0.463. The van der Waals surface area contributed by atoms with Crippen LogP contribution in [0.3, 0.4) is 0 Å². The molecule has 1 heterocycles. The van der Waals surface area contributed by atoms with Crippen LogP contribution in [0.1, 0.15) is 41.0 Å². The Balaban J connectivity index is 2.46. The summed E-state index contributed by atoms with van der Waals surface area (Å²) >= 11 is 6.05. The van der Waals surface area contributed by atoms with E-state index in [9.17, 15) is 9.90 Å². The Bertz CT molecular complexity index is 570. The van der Waals surface area contributed by atoms with Crippen LogP contribution in [0.25, 0.3) is 0 Å². The van der Waals surface area contributed by atoms with Gasteiger partial charge >= 0.3 is 6.03 Å². The number of urea groups is 1. The molecule has 0 saturated carbocycles. The number of amides is 2. The molecule has 2 amide bonds. The molecule has 1 aliphatic rings. The number of aliphatic hydroxyl groups is 1. The summed E-state index contributed by atoms with van der Waals surface area (Å²) in [5.41, 5.74) is -1.04. The van der Waals surface area contributed by atoms with Crippen molar-refractivity contribution in [1.82, 2.24) is 4.90 Å². The highest BCUT2D eigenvalue weighted by Crippen LogP contribution is 2.39. The number of hydrogen-bond acceptors (Lipinski definition) is 2. The van der Waals surface area contributed by atoms with Gasteiger partial charge in [-0.3, -0.25) is 4.90 Å². The maximum Gasteiger partial charge on any atom is 0.327 e. The second kappa shape index (κ2) is 5.74. The molecule has 0 spiro atoms. The lowest BCUT2D eigenvalue weighted by atomic mass is 9.87. The number of carbonyl (C=O) groups excluding carboxylic acids is 1. The van der Waals surface area contributed by atoms with Crippen molar-refractivity contribution < 1.29 is 9.90 Å². The van der Waals surface area contributed by atoms with Crippen molar-refractivity contribution in [2.45, 2.75) is 52.3 Å². The van der Waals surface area contributed by atoms with Gasteiger partial charge in [0.25, 0.3) is 0 Å². The quantitative estimate of drug-likeness (QED) is 0.909. The maximum absolute atomic E-state index is 13.1. The Kier molecular flexibility index (Phi) is 4.46. The van der Waals surface area contributed by atoms with Gasteiger partial charge in [0.2, 0.25) is 0 Å². The van der Waals surface area contributed by atoms with Crippen LogP contribution in [-0.2, 0) is 0 Å². The summed E-state index contributed by atoms with van der Waals surface area (Å²) in [5, 5.41) is 11.4. The molecule has 1 aromatic carbocycles. The average Bonchev–Trinajstić information content (AvgIpc) is 2.32. The minimum Gasteiger partial charge on any atom is -0.371 e. The van der Waals surface area contributed by atoms with Gasteiger partial charge in [-0.25, -0.2) is 4.79 Å². The van der Waals surface area contributed by atoms with Gasteiger partial charge in [0, 0.05) is 29.2 Å². The van der Waals surface area contributed by atoms with E-state index in [4.69, 9.17) is 11.6 Å². The van der Waals surface area contributed by atoms with E-state index in [-0.39, 0.29) is 6.03 Å². The van der Waals surface area contributed by atoms with Crippen LogP contribution >= 0.6 is 11.6 Å². The first-order valence-corrected chi connectivity index (χ1v) is 8.02. The van der Waals surface area contributed by atoms with Crippen LogP contribution in [0.4, 0.5) is 10.5 Å². The molecule has 5 heteroatoms. The molecule has 1 aromatic rings. The van der Waals surface area contributed by atoms with E-state index in [2.05, 4.69) is 13.8 Å². The van der Waals surface area contributed by atoms with Gasteiger partial charge in [-0.1, -0.05) is 31.5 Å². The van der Waals surface area contributed by atoms with E-state index in [0.29, 0.717) is 29.6 Å². The molecule has 4 nitrogen and oxygen atoms in total. The number of hydrogen-bond donors (Lipinski definition) is 1. The molecule has 2 rings (SSSR count).